The Labute approximate surface area is 115 Å². The molecule has 0 aromatic rings. The Balaban J connectivity index is 2.21. The van der Waals surface area contributed by atoms with E-state index in [0.717, 1.165) is 0 Å². The number of rotatable bonds is 6. The summed E-state index contributed by atoms with van der Waals surface area (Å²) in [5, 5.41) is 14.5. The molecule has 0 bridgehead atoms. The molecule has 0 spiro atoms. The van der Waals surface area contributed by atoms with Crippen molar-refractivity contribution >= 4 is 12.0 Å². The van der Waals surface area contributed by atoms with E-state index in [1.807, 2.05) is 13.8 Å². The maximum atomic E-state index is 11.6. The van der Waals surface area contributed by atoms with Crippen LogP contribution in [0.1, 0.15) is 46.0 Å². The first-order valence-electron chi connectivity index (χ1n) is 7.25. The number of amides is 2. The van der Waals surface area contributed by atoms with Gasteiger partial charge in [0.15, 0.2) is 0 Å². The highest BCUT2D eigenvalue weighted by molar-refractivity contribution is 5.75. The number of carbonyl (C=O) groups is 2. The molecule has 0 aliphatic heterocycles. The number of carboxylic acids is 1. The van der Waals surface area contributed by atoms with E-state index >= 15 is 0 Å². The zero-order valence-corrected chi connectivity index (χ0v) is 11.9. The Kier molecular flexibility index (Phi) is 6.67. The minimum Gasteiger partial charge on any atom is -0.481 e. The van der Waals surface area contributed by atoms with Gasteiger partial charge in [0.05, 0.1) is 5.92 Å². The van der Waals surface area contributed by atoms with Gasteiger partial charge in [-0.2, -0.15) is 0 Å². The van der Waals surface area contributed by atoms with Crippen LogP contribution < -0.4 is 10.6 Å². The Hall–Kier alpha value is -1.26. The van der Waals surface area contributed by atoms with Crippen molar-refractivity contribution in [1.82, 2.24) is 10.6 Å². The van der Waals surface area contributed by atoms with E-state index < -0.39 is 11.9 Å². The van der Waals surface area contributed by atoms with Gasteiger partial charge in [-0.1, -0.05) is 33.1 Å². The van der Waals surface area contributed by atoms with Crippen LogP contribution in [0.5, 0.6) is 0 Å². The molecule has 1 rings (SSSR count). The third kappa shape index (κ3) is 5.94. The average molecular weight is 270 g/mol. The number of hydrogen-bond acceptors (Lipinski definition) is 2. The van der Waals surface area contributed by atoms with Crippen LogP contribution in [-0.4, -0.2) is 30.2 Å². The SMILES string of the molecule is CC(C)C(CNC(=O)NCC1CCCCC1)C(=O)O. The molecule has 19 heavy (non-hydrogen) atoms. The molecule has 5 heteroatoms. The molecule has 1 saturated carbocycles. The van der Waals surface area contributed by atoms with Crippen molar-refractivity contribution in [1.29, 1.82) is 0 Å². The summed E-state index contributed by atoms with van der Waals surface area (Å²) in [5.74, 6) is -0.793. The van der Waals surface area contributed by atoms with Crippen LogP contribution in [0.3, 0.4) is 0 Å². The van der Waals surface area contributed by atoms with Crippen molar-refractivity contribution in [2.45, 2.75) is 46.0 Å². The molecule has 0 radical (unpaired) electrons. The van der Waals surface area contributed by atoms with Crippen LogP contribution >= 0.6 is 0 Å². The largest absolute Gasteiger partial charge is 0.481 e. The summed E-state index contributed by atoms with van der Waals surface area (Å²) in [6.45, 7) is 4.58. The fraction of sp³-hybridized carbons (Fsp3) is 0.857. The van der Waals surface area contributed by atoms with Crippen molar-refractivity contribution in [3.8, 4) is 0 Å². The molecule has 1 atom stereocenters. The number of aliphatic carboxylic acids is 1. The zero-order chi connectivity index (χ0) is 14.3. The van der Waals surface area contributed by atoms with Crippen LogP contribution in [0.25, 0.3) is 0 Å². The lowest BCUT2D eigenvalue weighted by molar-refractivity contribution is -0.142. The molecule has 0 saturated heterocycles. The zero-order valence-electron chi connectivity index (χ0n) is 11.9. The van der Waals surface area contributed by atoms with Gasteiger partial charge in [0, 0.05) is 13.1 Å². The fourth-order valence-corrected chi connectivity index (χ4v) is 2.50. The third-order valence-electron chi connectivity index (χ3n) is 3.88. The monoisotopic (exact) mass is 270 g/mol. The fourth-order valence-electron chi connectivity index (χ4n) is 2.50. The number of urea groups is 1. The van der Waals surface area contributed by atoms with Crippen molar-refractivity contribution in [2.24, 2.45) is 17.8 Å². The highest BCUT2D eigenvalue weighted by atomic mass is 16.4. The second-order valence-electron chi connectivity index (χ2n) is 5.78. The van der Waals surface area contributed by atoms with Gasteiger partial charge in [-0.15, -0.1) is 0 Å². The Bertz CT molecular complexity index is 299. The Morgan fingerprint density at radius 1 is 1.16 bits per heavy atom. The van der Waals surface area contributed by atoms with Crippen molar-refractivity contribution in [3.63, 3.8) is 0 Å². The first-order chi connectivity index (χ1) is 9.00. The molecular weight excluding hydrogens is 244 g/mol. The first kappa shape index (κ1) is 15.8. The Morgan fingerprint density at radius 2 is 1.79 bits per heavy atom. The molecule has 0 aromatic carbocycles. The van der Waals surface area contributed by atoms with Crippen LogP contribution in [0.15, 0.2) is 0 Å². The van der Waals surface area contributed by atoms with Gasteiger partial charge in [0.2, 0.25) is 0 Å². The number of carbonyl (C=O) groups excluding carboxylic acids is 1. The van der Waals surface area contributed by atoms with E-state index in [1.165, 1.54) is 32.1 Å². The predicted molar refractivity (Wildman–Crippen MR) is 73.9 cm³/mol. The molecule has 1 aliphatic carbocycles. The molecule has 1 aliphatic rings. The van der Waals surface area contributed by atoms with Crippen LogP contribution in [0, 0.1) is 17.8 Å². The highest BCUT2D eigenvalue weighted by Crippen LogP contribution is 2.22. The van der Waals surface area contributed by atoms with E-state index in [0.29, 0.717) is 12.5 Å². The second kappa shape index (κ2) is 8.02. The first-order valence-corrected chi connectivity index (χ1v) is 7.25. The number of hydrogen-bond donors (Lipinski definition) is 3. The smallest absolute Gasteiger partial charge is 0.314 e. The standard InChI is InChI=1S/C14H26N2O3/c1-10(2)12(13(17)18)9-16-14(19)15-8-11-6-4-3-5-7-11/h10-12H,3-9H2,1-2H3,(H,17,18)(H2,15,16,19). The lowest BCUT2D eigenvalue weighted by Gasteiger charge is -2.22. The summed E-state index contributed by atoms with van der Waals surface area (Å²) in [5.41, 5.74) is 0. The summed E-state index contributed by atoms with van der Waals surface area (Å²) >= 11 is 0. The van der Waals surface area contributed by atoms with E-state index in [-0.39, 0.29) is 18.5 Å². The second-order valence-corrected chi connectivity index (χ2v) is 5.78. The van der Waals surface area contributed by atoms with Crippen molar-refractivity contribution in [3.05, 3.63) is 0 Å². The van der Waals surface area contributed by atoms with E-state index in [9.17, 15) is 9.59 Å². The normalized spacial score (nSPS) is 18.1. The topological polar surface area (TPSA) is 78.4 Å². The van der Waals surface area contributed by atoms with Gasteiger partial charge < -0.3 is 15.7 Å². The van der Waals surface area contributed by atoms with Gasteiger partial charge in [-0.05, 0) is 24.7 Å². The van der Waals surface area contributed by atoms with Gasteiger partial charge in [0.1, 0.15) is 0 Å². The third-order valence-corrected chi connectivity index (χ3v) is 3.88. The van der Waals surface area contributed by atoms with E-state index in [1.54, 1.807) is 0 Å². The summed E-state index contributed by atoms with van der Waals surface area (Å²) in [7, 11) is 0. The van der Waals surface area contributed by atoms with Crippen molar-refractivity contribution < 1.29 is 14.7 Å². The lowest BCUT2D eigenvalue weighted by atomic mass is 9.89. The van der Waals surface area contributed by atoms with Crippen molar-refractivity contribution in [2.75, 3.05) is 13.1 Å². The van der Waals surface area contributed by atoms with Gasteiger partial charge >= 0.3 is 12.0 Å². The maximum Gasteiger partial charge on any atom is 0.314 e. The lowest BCUT2D eigenvalue weighted by Crippen LogP contribution is -2.42. The quantitative estimate of drug-likeness (QED) is 0.692. The minimum atomic E-state index is -0.859. The summed E-state index contributed by atoms with van der Waals surface area (Å²) in [4.78, 5) is 22.6. The minimum absolute atomic E-state index is 0.0103. The van der Waals surface area contributed by atoms with E-state index in [4.69, 9.17) is 5.11 Å². The van der Waals surface area contributed by atoms with Crippen LogP contribution in [-0.2, 0) is 4.79 Å². The Morgan fingerprint density at radius 3 is 2.32 bits per heavy atom. The average Bonchev–Trinajstić information content (AvgIpc) is 2.37. The molecule has 1 fully saturated rings. The maximum absolute atomic E-state index is 11.6. The van der Waals surface area contributed by atoms with E-state index in [2.05, 4.69) is 10.6 Å². The van der Waals surface area contributed by atoms with Gasteiger partial charge in [-0.3, -0.25) is 4.79 Å². The predicted octanol–water partition coefficient (Wildman–Crippen LogP) is 2.22. The molecule has 0 aromatic heterocycles. The number of carboxylic acid groups (broad SMARTS) is 1. The molecular formula is C14H26N2O3. The molecule has 2 amide bonds. The summed E-state index contributed by atoms with van der Waals surface area (Å²) in [6, 6.07) is -0.252. The molecule has 0 heterocycles. The highest BCUT2D eigenvalue weighted by Gasteiger charge is 2.22. The van der Waals surface area contributed by atoms with Crippen LogP contribution in [0.2, 0.25) is 0 Å². The van der Waals surface area contributed by atoms with Gasteiger partial charge in [0.25, 0.3) is 0 Å². The molecule has 1 unspecified atom stereocenters. The molecule has 3 N–H and O–H groups in total. The van der Waals surface area contributed by atoms with Crippen LogP contribution in [0.4, 0.5) is 4.79 Å². The molecule has 5 nitrogen and oxygen atoms in total. The summed E-state index contributed by atoms with van der Waals surface area (Å²) < 4.78 is 0. The van der Waals surface area contributed by atoms with Gasteiger partial charge in [-0.25, -0.2) is 4.79 Å². The molecule has 110 valence electrons. The number of nitrogens with one attached hydrogen (secondary N) is 2. The summed E-state index contributed by atoms with van der Waals surface area (Å²) in [6.07, 6.45) is 6.18.